The highest BCUT2D eigenvalue weighted by Crippen LogP contribution is 2.31. The molecule has 0 saturated heterocycles. The molecule has 2 aromatic carbocycles. The average molecular weight is 408 g/mol. The quantitative estimate of drug-likeness (QED) is 0.427. The van der Waals surface area contributed by atoms with E-state index in [1.807, 2.05) is 6.92 Å². The summed E-state index contributed by atoms with van der Waals surface area (Å²) >= 11 is 18.1. The molecule has 3 aromatic rings. The van der Waals surface area contributed by atoms with Gasteiger partial charge in [-0.1, -0.05) is 40.9 Å². The molecule has 132 valence electrons. The van der Waals surface area contributed by atoms with E-state index in [0.717, 1.165) is 5.56 Å². The molecule has 0 atom stereocenters. The van der Waals surface area contributed by atoms with Gasteiger partial charge in [0.2, 0.25) is 0 Å². The van der Waals surface area contributed by atoms with Gasteiger partial charge in [0.25, 0.3) is 5.91 Å². The summed E-state index contributed by atoms with van der Waals surface area (Å²) in [7, 11) is 0. The molecule has 0 bridgehead atoms. The lowest BCUT2D eigenvalue weighted by molar-refractivity contribution is 0.0955. The molecule has 0 saturated carbocycles. The van der Waals surface area contributed by atoms with Crippen LogP contribution >= 0.6 is 34.8 Å². The van der Waals surface area contributed by atoms with Gasteiger partial charge in [0.05, 0.1) is 21.8 Å². The van der Waals surface area contributed by atoms with Gasteiger partial charge in [-0.2, -0.15) is 5.10 Å². The maximum Gasteiger partial charge on any atom is 0.272 e. The Balaban J connectivity index is 1.70. The van der Waals surface area contributed by atoms with Gasteiger partial charge >= 0.3 is 0 Å². The first kappa shape index (κ1) is 18.5. The summed E-state index contributed by atoms with van der Waals surface area (Å²) in [5.74, 6) is 0.626. The maximum atomic E-state index is 12.1. The van der Waals surface area contributed by atoms with Gasteiger partial charge in [-0.3, -0.25) is 4.79 Å². The van der Waals surface area contributed by atoms with E-state index in [0.29, 0.717) is 37.7 Å². The molecule has 0 unspecified atom stereocenters. The van der Waals surface area contributed by atoms with Crippen LogP contribution in [-0.4, -0.2) is 12.1 Å². The van der Waals surface area contributed by atoms with E-state index in [2.05, 4.69) is 10.5 Å². The molecule has 26 heavy (non-hydrogen) atoms. The smallest absolute Gasteiger partial charge is 0.272 e. The molecule has 1 heterocycles. The van der Waals surface area contributed by atoms with Crippen LogP contribution in [0.1, 0.15) is 21.7 Å². The van der Waals surface area contributed by atoms with E-state index in [9.17, 15) is 4.79 Å². The number of aryl methyl sites for hydroxylation is 1. The first-order chi connectivity index (χ1) is 12.4. The third-order valence-corrected chi connectivity index (χ3v) is 4.41. The van der Waals surface area contributed by atoms with Crippen molar-refractivity contribution in [3.63, 3.8) is 0 Å². The normalized spacial score (nSPS) is 11.1. The highest BCUT2D eigenvalue weighted by atomic mass is 35.5. The van der Waals surface area contributed by atoms with Crippen molar-refractivity contribution in [3.8, 4) is 11.3 Å². The largest absolute Gasteiger partial charge is 0.455 e. The Labute approximate surface area is 165 Å². The number of halogens is 3. The molecular weight excluding hydrogens is 395 g/mol. The Bertz CT molecular complexity index is 996. The Morgan fingerprint density at radius 3 is 2.58 bits per heavy atom. The second-order valence-electron chi connectivity index (χ2n) is 5.51. The second-order valence-corrected chi connectivity index (χ2v) is 6.76. The van der Waals surface area contributed by atoms with Crippen molar-refractivity contribution in [1.82, 2.24) is 5.43 Å². The molecule has 4 nitrogen and oxygen atoms in total. The van der Waals surface area contributed by atoms with Gasteiger partial charge in [-0.25, -0.2) is 5.43 Å². The van der Waals surface area contributed by atoms with Crippen molar-refractivity contribution in [2.24, 2.45) is 5.10 Å². The summed E-state index contributed by atoms with van der Waals surface area (Å²) in [6, 6.07) is 13.8. The highest BCUT2D eigenvalue weighted by molar-refractivity contribution is 6.36. The zero-order valence-corrected chi connectivity index (χ0v) is 15.9. The molecule has 0 aliphatic carbocycles. The Kier molecular flexibility index (Phi) is 5.67. The number of carbonyl (C=O) groups is 1. The van der Waals surface area contributed by atoms with E-state index >= 15 is 0 Å². The molecule has 3 rings (SSSR count). The van der Waals surface area contributed by atoms with E-state index in [1.54, 1.807) is 48.5 Å². The van der Waals surface area contributed by atoms with Crippen LogP contribution in [0.5, 0.6) is 0 Å². The van der Waals surface area contributed by atoms with E-state index in [4.69, 9.17) is 39.2 Å². The zero-order chi connectivity index (χ0) is 18.7. The Morgan fingerprint density at radius 2 is 1.85 bits per heavy atom. The topological polar surface area (TPSA) is 54.6 Å². The second kappa shape index (κ2) is 7.96. The highest BCUT2D eigenvalue weighted by Gasteiger charge is 2.10. The predicted molar refractivity (Wildman–Crippen MR) is 105 cm³/mol. The van der Waals surface area contributed by atoms with Crippen LogP contribution in [0, 0.1) is 6.92 Å². The summed E-state index contributed by atoms with van der Waals surface area (Å²) in [5.41, 5.74) is 4.45. The first-order valence-corrected chi connectivity index (χ1v) is 8.72. The van der Waals surface area contributed by atoms with Gasteiger partial charge < -0.3 is 4.42 Å². The van der Waals surface area contributed by atoms with Gasteiger partial charge in [0, 0.05) is 10.6 Å². The van der Waals surface area contributed by atoms with Crippen LogP contribution in [0.15, 0.2) is 58.0 Å². The number of benzene rings is 2. The van der Waals surface area contributed by atoms with Gasteiger partial charge in [-0.05, 0) is 55.0 Å². The molecular formula is C19H13Cl3N2O2. The van der Waals surface area contributed by atoms with Gasteiger partial charge in [0.1, 0.15) is 11.5 Å². The SMILES string of the molecule is Cc1ccc(C(=O)N/N=C/c2ccc(-c3ccc(Cl)cc3Cl)o2)c(Cl)c1. The lowest BCUT2D eigenvalue weighted by Crippen LogP contribution is -2.18. The number of nitrogens with zero attached hydrogens (tertiary/aromatic N) is 1. The third-order valence-electron chi connectivity index (χ3n) is 3.55. The summed E-state index contributed by atoms with van der Waals surface area (Å²) in [4.78, 5) is 12.1. The molecule has 0 aliphatic rings. The van der Waals surface area contributed by atoms with Crippen LogP contribution in [0.4, 0.5) is 0 Å². The minimum absolute atomic E-state index is 0.350. The number of hydrogen-bond acceptors (Lipinski definition) is 3. The molecule has 0 aliphatic heterocycles. The number of rotatable bonds is 4. The van der Waals surface area contributed by atoms with Crippen molar-refractivity contribution in [2.75, 3.05) is 0 Å². The number of hydrogen-bond donors (Lipinski definition) is 1. The number of hydrazone groups is 1. The fourth-order valence-electron chi connectivity index (χ4n) is 2.28. The molecule has 7 heteroatoms. The molecule has 1 aromatic heterocycles. The lowest BCUT2D eigenvalue weighted by Gasteiger charge is -2.03. The zero-order valence-electron chi connectivity index (χ0n) is 13.6. The Hall–Kier alpha value is -2.27. The monoisotopic (exact) mass is 406 g/mol. The van der Waals surface area contributed by atoms with E-state index < -0.39 is 5.91 Å². The van der Waals surface area contributed by atoms with Crippen LogP contribution in [0.3, 0.4) is 0 Å². The first-order valence-electron chi connectivity index (χ1n) is 7.59. The van der Waals surface area contributed by atoms with Crippen molar-refractivity contribution < 1.29 is 9.21 Å². The summed E-state index contributed by atoms with van der Waals surface area (Å²) in [6.07, 6.45) is 1.40. The number of nitrogens with one attached hydrogen (secondary N) is 1. The molecule has 0 radical (unpaired) electrons. The maximum absolute atomic E-state index is 12.1. The molecule has 1 N–H and O–H groups in total. The predicted octanol–water partition coefficient (Wildman–Crippen LogP) is 5.98. The van der Waals surface area contributed by atoms with Crippen molar-refractivity contribution in [3.05, 3.63) is 80.5 Å². The Morgan fingerprint density at radius 1 is 1.04 bits per heavy atom. The number of carbonyl (C=O) groups excluding carboxylic acids is 1. The van der Waals surface area contributed by atoms with Crippen molar-refractivity contribution >= 4 is 46.9 Å². The minimum atomic E-state index is -0.404. The van der Waals surface area contributed by atoms with Crippen LogP contribution in [-0.2, 0) is 0 Å². The van der Waals surface area contributed by atoms with Crippen LogP contribution in [0.25, 0.3) is 11.3 Å². The summed E-state index contributed by atoms with van der Waals surface area (Å²) in [5, 5.41) is 5.29. The molecule has 1 amide bonds. The standard InChI is InChI=1S/C19H13Cl3N2O2/c1-11-2-5-15(16(21)8-11)19(25)24-23-10-13-4-7-18(26-13)14-6-3-12(20)9-17(14)22/h2-10H,1H3,(H,24,25)/b23-10+. The lowest BCUT2D eigenvalue weighted by atomic mass is 10.1. The fourth-order valence-corrected chi connectivity index (χ4v) is 3.10. The molecule has 0 fully saturated rings. The van der Waals surface area contributed by atoms with Gasteiger partial charge in [0.15, 0.2) is 0 Å². The average Bonchev–Trinajstić information content (AvgIpc) is 3.03. The number of furan rings is 1. The minimum Gasteiger partial charge on any atom is -0.455 e. The summed E-state index contributed by atoms with van der Waals surface area (Å²) in [6.45, 7) is 1.90. The third kappa shape index (κ3) is 4.28. The summed E-state index contributed by atoms with van der Waals surface area (Å²) < 4.78 is 5.66. The van der Waals surface area contributed by atoms with E-state index in [1.165, 1.54) is 6.21 Å². The fraction of sp³-hybridized carbons (Fsp3) is 0.0526. The molecule has 0 spiro atoms. The van der Waals surface area contributed by atoms with Gasteiger partial charge in [-0.15, -0.1) is 0 Å². The number of amides is 1. The van der Waals surface area contributed by atoms with Crippen LogP contribution < -0.4 is 5.43 Å². The van der Waals surface area contributed by atoms with Crippen molar-refractivity contribution in [2.45, 2.75) is 6.92 Å². The van der Waals surface area contributed by atoms with Crippen molar-refractivity contribution in [1.29, 1.82) is 0 Å². The van der Waals surface area contributed by atoms with E-state index in [-0.39, 0.29) is 0 Å². The van der Waals surface area contributed by atoms with Crippen LogP contribution in [0.2, 0.25) is 15.1 Å².